The van der Waals surface area contributed by atoms with Crippen LogP contribution in [0.4, 0.5) is 19.0 Å². The molecular weight excluding hydrogens is 269 g/mol. The van der Waals surface area contributed by atoms with Crippen LogP contribution in [0, 0.1) is 0 Å². The number of nitrogens with zero attached hydrogens (tertiary/aromatic N) is 3. The molecule has 20 heavy (non-hydrogen) atoms. The molecule has 0 amide bonds. The Morgan fingerprint density at radius 1 is 1.10 bits per heavy atom. The van der Waals surface area contributed by atoms with E-state index in [1.54, 1.807) is 18.2 Å². The van der Waals surface area contributed by atoms with E-state index in [9.17, 15) is 13.2 Å². The summed E-state index contributed by atoms with van der Waals surface area (Å²) >= 11 is 0. The van der Waals surface area contributed by atoms with Crippen molar-refractivity contribution in [2.45, 2.75) is 6.18 Å². The molecule has 7 heteroatoms. The molecule has 3 rings (SSSR count). The Labute approximate surface area is 111 Å². The summed E-state index contributed by atoms with van der Waals surface area (Å²) in [5.74, 6) is 0.304. The van der Waals surface area contributed by atoms with Gasteiger partial charge in [0.05, 0.1) is 17.5 Å². The van der Waals surface area contributed by atoms with Crippen molar-refractivity contribution < 1.29 is 13.2 Å². The highest BCUT2D eigenvalue weighted by Gasteiger charge is 2.30. The van der Waals surface area contributed by atoms with Gasteiger partial charge in [0.2, 0.25) is 0 Å². The van der Waals surface area contributed by atoms with Crippen molar-refractivity contribution >= 4 is 11.5 Å². The lowest BCUT2D eigenvalue weighted by Crippen LogP contribution is -2.04. The Balaban J connectivity index is 2.10. The maximum atomic E-state index is 12.7. The van der Waals surface area contributed by atoms with Crippen molar-refractivity contribution in [1.29, 1.82) is 0 Å². The number of nitrogens with two attached hydrogens (primary N) is 1. The number of anilines is 1. The number of fused-ring (bicyclic) bond motifs is 1. The Morgan fingerprint density at radius 3 is 2.65 bits per heavy atom. The third-order valence-electron chi connectivity index (χ3n) is 2.82. The standard InChI is InChI=1S/C13H9F3N4/c14-13(15,16)9-3-1-2-8(6-9)10-4-5-12-18-11(17)7-20(12)19-10/h1-7H,17H2. The van der Waals surface area contributed by atoms with Crippen LogP contribution in [0.1, 0.15) is 5.56 Å². The number of aromatic nitrogens is 3. The lowest BCUT2D eigenvalue weighted by Gasteiger charge is -2.08. The van der Waals surface area contributed by atoms with E-state index >= 15 is 0 Å². The van der Waals surface area contributed by atoms with Gasteiger partial charge in [0.15, 0.2) is 5.65 Å². The minimum Gasteiger partial charge on any atom is -0.382 e. The van der Waals surface area contributed by atoms with Gasteiger partial charge in [-0.2, -0.15) is 18.3 Å². The number of rotatable bonds is 1. The van der Waals surface area contributed by atoms with E-state index in [-0.39, 0.29) is 0 Å². The predicted octanol–water partition coefficient (Wildman–Crippen LogP) is 3.00. The highest BCUT2D eigenvalue weighted by atomic mass is 19.4. The normalized spacial score (nSPS) is 11.9. The first-order chi connectivity index (χ1) is 9.43. The zero-order chi connectivity index (χ0) is 14.3. The van der Waals surface area contributed by atoms with Gasteiger partial charge in [-0.15, -0.1) is 0 Å². The van der Waals surface area contributed by atoms with E-state index in [2.05, 4.69) is 10.1 Å². The molecule has 0 saturated carbocycles. The Bertz CT molecular complexity index is 777. The van der Waals surface area contributed by atoms with Crippen molar-refractivity contribution in [2.75, 3.05) is 5.73 Å². The molecule has 2 N–H and O–H groups in total. The number of halogens is 3. The number of imidazole rings is 1. The van der Waals surface area contributed by atoms with Crippen molar-refractivity contribution in [3.8, 4) is 11.3 Å². The first-order valence-electron chi connectivity index (χ1n) is 5.73. The molecule has 0 spiro atoms. The molecule has 2 aromatic heterocycles. The van der Waals surface area contributed by atoms with E-state index in [0.29, 0.717) is 22.7 Å². The number of hydrogen-bond acceptors (Lipinski definition) is 3. The first kappa shape index (κ1) is 12.5. The monoisotopic (exact) mass is 278 g/mol. The molecule has 0 fully saturated rings. The molecular formula is C13H9F3N4. The van der Waals surface area contributed by atoms with Crippen LogP contribution in [0.2, 0.25) is 0 Å². The molecule has 0 radical (unpaired) electrons. The Kier molecular flexibility index (Phi) is 2.63. The van der Waals surface area contributed by atoms with Gasteiger partial charge in [0, 0.05) is 5.56 Å². The van der Waals surface area contributed by atoms with Crippen molar-refractivity contribution in [1.82, 2.24) is 14.6 Å². The molecule has 0 bridgehead atoms. The average Bonchev–Trinajstić information content (AvgIpc) is 2.77. The third-order valence-corrected chi connectivity index (χ3v) is 2.82. The van der Waals surface area contributed by atoms with Crippen LogP contribution in [0.5, 0.6) is 0 Å². The van der Waals surface area contributed by atoms with Crippen LogP contribution in [0.15, 0.2) is 42.6 Å². The maximum absolute atomic E-state index is 12.7. The average molecular weight is 278 g/mol. The third kappa shape index (κ3) is 2.18. The fraction of sp³-hybridized carbons (Fsp3) is 0.0769. The van der Waals surface area contributed by atoms with Gasteiger partial charge in [-0.3, -0.25) is 0 Å². The molecule has 0 saturated heterocycles. The SMILES string of the molecule is Nc1cn2nc(-c3cccc(C(F)(F)F)c3)ccc2n1. The second-order valence-electron chi connectivity index (χ2n) is 4.27. The highest BCUT2D eigenvalue weighted by molar-refractivity contribution is 5.62. The fourth-order valence-electron chi connectivity index (χ4n) is 1.91. The van der Waals surface area contributed by atoms with E-state index < -0.39 is 11.7 Å². The van der Waals surface area contributed by atoms with E-state index in [0.717, 1.165) is 12.1 Å². The Hall–Kier alpha value is -2.57. The number of nitrogen functional groups attached to an aromatic ring is 1. The number of alkyl halides is 3. The molecule has 2 heterocycles. The van der Waals surface area contributed by atoms with Crippen LogP contribution < -0.4 is 5.73 Å². The lowest BCUT2D eigenvalue weighted by molar-refractivity contribution is -0.137. The molecule has 4 nitrogen and oxygen atoms in total. The summed E-state index contributed by atoms with van der Waals surface area (Å²) in [5.41, 5.74) is 6.17. The van der Waals surface area contributed by atoms with E-state index in [1.807, 2.05) is 0 Å². The Morgan fingerprint density at radius 2 is 1.90 bits per heavy atom. The largest absolute Gasteiger partial charge is 0.416 e. The van der Waals surface area contributed by atoms with E-state index in [1.165, 1.54) is 16.8 Å². The molecule has 102 valence electrons. The lowest BCUT2D eigenvalue weighted by atomic mass is 10.1. The van der Waals surface area contributed by atoms with Gasteiger partial charge in [0.25, 0.3) is 0 Å². The van der Waals surface area contributed by atoms with Gasteiger partial charge in [-0.25, -0.2) is 9.50 Å². The van der Waals surface area contributed by atoms with Crippen LogP contribution >= 0.6 is 0 Å². The first-order valence-corrected chi connectivity index (χ1v) is 5.73. The summed E-state index contributed by atoms with van der Waals surface area (Å²) in [4.78, 5) is 4.00. The molecule has 0 atom stereocenters. The van der Waals surface area contributed by atoms with Gasteiger partial charge in [-0.05, 0) is 24.3 Å². The summed E-state index contributed by atoms with van der Waals surface area (Å²) in [7, 11) is 0. The highest BCUT2D eigenvalue weighted by Crippen LogP contribution is 2.31. The maximum Gasteiger partial charge on any atom is 0.416 e. The molecule has 3 aromatic rings. The van der Waals surface area contributed by atoms with Crippen molar-refractivity contribution in [3.05, 3.63) is 48.2 Å². The van der Waals surface area contributed by atoms with Gasteiger partial charge in [0.1, 0.15) is 5.82 Å². The molecule has 0 unspecified atom stereocenters. The summed E-state index contributed by atoms with van der Waals surface area (Å²) in [6.45, 7) is 0. The number of benzene rings is 1. The minimum atomic E-state index is -4.38. The van der Waals surface area contributed by atoms with E-state index in [4.69, 9.17) is 5.73 Å². The topological polar surface area (TPSA) is 56.2 Å². The second kappa shape index (κ2) is 4.22. The van der Waals surface area contributed by atoms with Gasteiger partial charge >= 0.3 is 6.18 Å². The second-order valence-corrected chi connectivity index (χ2v) is 4.27. The minimum absolute atomic E-state index is 0.304. The predicted molar refractivity (Wildman–Crippen MR) is 67.8 cm³/mol. The van der Waals surface area contributed by atoms with Crippen molar-refractivity contribution in [3.63, 3.8) is 0 Å². The van der Waals surface area contributed by atoms with Crippen LogP contribution in [-0.4, -0.2) is 14.6 Å². The zero-order valence-corrected chi connectivity index (χ0v) is 10.1. The van der Waals surface area contributed by atoms with Crippen LogP contribution in [0.25, 0.3) is 16.9 Å². The van der Waals surface area contributed by atoms with Crippen molar-refractivity contribution in [2.24, 2.45) is 0 Å². The summed E-state index contributed by atoms with van der Waals surface area (Å²) < 4.78 is 39.5. The quantitative estimate of drug-likeness (QED) is 0.744. The zero-order valence-electron chi connectivity index (χ0n) is 10.1. The fourth-order valence-corrected chi connectivity index (χ4v) is 1.91. The summed E-state index contributed by atoms with van der Waals surface area (Å²) in [5, 5.41) is 4.20. The molecule has 1 aromatic carbocycles. The molecule has 0 aliphatic carbocycles. The molecule has 0 aliphatic rings. The van der Waals surface area contributed by atoms with Gasteiger partial charge in [-0.1, -0.05) is 12.1 Å². The summed E-state index contributed by atoms with van der Waals surface area (Å²) in [6, 6.07) is 8.28. The smallest absolute Gasteiger partial charge is 0.382 e. The van der Waals surface area contributed by atoms with Crippen LogP contribution in [-0.2, 0) is 6.18 Å². The molecule has 0 aliphatic heterocycles. The number of hydrogen-bond donors (Lipinski definition) is 1. The van der Waals surface area contributed by atoms with Crippen LogP contribution in [0.3, 0.4) is 0 Å². The summed E-state index contributed by atoms with van der Waals surface area (Å²) in [6.07, 6.45) is -2.87. The van der Waals surface area contributed by atoms with Gasteiger partial charge < -0.3 is 5.73 Å².